The predicted octanol–water partition coefficient (Wildman–Crippen LogP) is 12.1. The van der Waals surface area contributed by atoms with Crippen molar-refractivity contribution in [2.24, 2.45) is 0 Å². The Morgan fingerprint density at radius 1 is 0.627 bits per heavy atom. The van der Waals surface area contributed by atoms with Crippen molar-refractivity contribution in [3.05, 3.63) is 156 Å². The Labute approximate surface area is 295 Å². The summed E-state index contributed by atoms with van der Waals surface area (Å²) in [6.07, 6.45) is 6.48. The van der Waals surface area contributed by atoms with Gasteiger partial charge in [-0.1, -0.05) is 117 Å². The molecule has 0 radical (unpaired) electrons. The van der Waals surface area contributed by atoms with Crippen LogP contribution in [0.15, 0.2) is 138 Å². The van der Waals surface area contributed by atoms with Crippen molar-refractivity contribution < 1.29 is 4.42 Å². The van der Waals surface area contributed by atoms with Crippen molar-refractivity contribution in [2.75, 3.05) is 0 Å². The highest BCUT2D eigenvalue weighted by atomic mass is 16.3. The van der Waals surface area contributed by atoms with Gasteiger partial charge in [-0.15, -0.1) is 0 Å². The fourth-order valence-corrected chi connectivity index (χ4v) is 8.81. The normalized spacial score (nSPS) is 14.4. The van der Waals surface area contributed by atoms with Gasteiger partial charge in [-0.05, 0) is 53.9 Å². The third-order valence-corrected chi connectivity index (χ3v) is 11.3. The quantitative estimate of drug-likeness (QED) is 0.190. The Morgan fingerprint density at radius 3 is 2.20 bits per heavy atom. The van der Waals surface area contributed by atoms with Crippen LogP contribution in [0.25, 0.3) is 89.2 Å². The second kappa shape index (κ2) is 10.4. The number of hydrogen-bond donors (Lipinski definition) is 0. The largest absolute Gasteiger partial charge is 0.460 e. The number of hydrogen-bond acceptors (Lipinski definition) is 3. The minimum absolute atomic E-state index is 0.175. The highest BCUT2D eigenvalue weighted by molar-refractivity contribution is 6.18. The first-order valence-corrected chi connectivity index (χ1v) is 17.8. The van der Waals surface area contributed by atoms with Crippen molar-refractivity contribution in [3.8, 4) is 39.5 Å². The van der Waals surface area contributed by atoms with Crippen molar-refractivity contribution in [1.29, 1.82) is 0 Å². The minimum Gasteiger partial charge on any atom is -0.460 e. The van der Waals surface area contributed by atoms with Crippen LogP contribution in [0.5, 0.6) is 0 Å². The molecule has 0 saturated heterocycles. The lowest BCUT2D eigenvalue weighted by molar-refractivity contribution is 0.546. The lowest BCUT2D eigenvalue weighted by Crippen LogP contribution is -2.14. The lowest BCUT2D eigenvalue weighted by atomic mass is 9.82. The number of rotatable bonds is 3. The zero-order chi connectivity index (χ0) is 33.8. The molecule has 0 bridgehead atoms. The van der Waals surface area contributed by atoms with E-state index in [-0.39, 0.29) is 5.41 Å². The molecule has 4 heteroatoms. The van der Waals surface area contributed by atoms with Crippen LogP contribution in [0.4, 0.5) is 0 Å². The molecule has 242 valence electrons. The number of allylic oxidation sites excluding steroid dienone is 1. The van der Waals surface area contributed by atoms with Crippen LogP contribution >= 0.6 is 0 Å². The number of aromatic nitrogens is 3. The molecule has 9 aromatic rings. The predicted molar refractivity (Wildman–Crippen MR) is 209 cm³/mol. The SMILES string of the molecule is CC1(C)c2ccc3c4c(oc3c2-c2c1ccc1c3ccccc3n(-c3ccc(-c5nc(-c6ccccc6)c6ccccc6n5)cc3)c21)CCC=C4. The molecule has 0 atom stereocenters. The van der Waals surface area contributed by atoms with Gasteiger partial charge >= 0.3 is 0 Å². The van der Waals surface area contributed by atoms with E-state index in [4.69, 9.17) is 14.4 Å². The number of benzene rings is 6. The van der Waals surface area contributed by atoms with Gasteiger partial charge in [0.2, 0.25) is 0 Å². The van der Waals surface area contributed by atoms with Gasteiger partial charge in [-0.2, -0.15) is 0 Å². The van der Waals surface area contributed by atoms with E-state index in [0.29, 0.717) is 0 Å². The smallest absolute Gasteiger partial charge is 0.160 e. The second-order valence-electron chi connectivity index (χ2n) is 14.4. The number of aryl methyl sites for hydroxylation is 1. The third kappa shape index (κ3) is 3.96. The maximum atomic E-state index is 6.81. The number of fused-ring (bicyclic) bond motifs is 12. The molecule has 4 nitrogen and oxygen atoms in total. The Morgan fingerprint density at radius 2 is 1.35 bits per heavy atom. The van der Waals surface area contributed by atoms with E-state index in [2.05, 4.69) is 146 Å². The zero-order valence-corrected chi connectivity index (χ0v) is 28.4. The summed E-state index contributed by atoms with van der Waals surface area (Å²) < 4.78 is 9.27. The molecule has 0 unspecified atom stereocenters. The Kier molecular flexibility index (Phi) is 5.81. The van der Waals surface area contributed by atoms with E-state index >= 15 is 0 Å². The first-order chi connectivity index (χ1) is 25.1. The maximum Gasteiger partial charge on any atom is 0.160 e. The van der Waals surface area contributed by atoms with Crippen molar-refractivity contribution in [1.82, 2.24) is 14.5 Å². The van der Waals surface area contributed by atoms with Gasteiger partial charge in [0.1, 0.15) is 11.3 Å². The molecule has 2 aliphatic carbocycles. The molecule has 3 heterocycles. The zero-order valence-electron chi connectivity index (χ0n) is 28.4. The number of para-hydroxylation sites is 2. The van der Waals surface area contributed by atoms with Crippen LogP contribution < -0.4 is 0 Å². The molecule has 0 fully saturated rings. The molecule has 0 aliphatic heterocycles. The van der Waals surface area contributed by atoms with E-state index in [0.717, 1.165) is 63.4 Å². The van der Waals surface area contributed by atoms with Crippen molar-refractivity contribution >= 4 is 49.8 Å². The van der Waals surface area contributed by atoms with Crippen LogP contribution in [0.2, 0.25) is 0 Å². The summed E-state index contributed by atoms with van der Waals surface area (Å²) in [7, 11) is 0. The Balaban J connectivity index is 1.15. The highest BCUT2D eigenvalue weighted by Gasteiger charge is 2.40. The summed E-state index contributed by atoms with van der Waals surface area (Å²) in [5.41, 5.74) is 14.7. The molecule has 6 aromatic carbocycles. The average Bonchev–Trinajstić information content (AvgIpc) is 3.80. The van der Waals surface area contributed by atoms with Gasteiger partial charge < -0.3 is 8.98 Å². The first kappa shape index (κ1) is 28.6. The van der Waals surface area contributed by atoms with Gasteiger partial charge in [0.15, 0.2) is 5.82 Å². The number of furan rings is 1. The van der Waals surface area contributed by atoms with Gasteiger partial charge in [0.25, 0.3) is 0 Å². The van der Waals surface area contributed by atoms with E-state index in [1.165, 1.54) is 55.0 Å². The second-order valence-corrected chi connectivity index (χ2v) is 14.4. The van der Waals surface area contributed by atoms with Crippen LogP contribution in [0.1, 0.15) is 42.7 Å². The summed E-state index contributed by atoms with van der Waals surface area (Å²) in [6, 6.07) is 45.5. The van der Waals surface area contributed by atoms with Crippen LogP contribution in [-0.4, -0.2) is 14.5 Å². The van der Waals surface area contributed by atoms with Gasteiger partial charge in [0, 0.05) is 66.9 Å². The summed E-state index contributed by atoms with van der Waals surface area (Å²) in [6.45, 7) is 4.71. The molecule has 2 aliphatic rings. The monoisotopic (exact) mass is 655 g/mol. The van der Waals surface area contributed by atoms with Gasteiger partial charge in [-0.3, -0.25) is 0 Å². The summed E-state index contributed by atoms with van der Waals surface area (Å²) in [5.74, 6) is 1.82. The minimum atomic E-state index is -0.175. The summed E-state index contributed by atoms with van der Waals surface area (Å²) >= 11 is 0. The molecule has 0 N–H and O–H groups in total. The number of nitrogens with zero attached hydrogens (tertiary/aromatic N) is 3. The topological polar surface area (TPSA) is 43.9 Å². The molecular formula is C47H33N3O. The average molecular weight is 656 g/mol. The molecule has 11 rings (SSSR count). The molecule has 0 spiro atoms. The van der Waals surface area contributed by atoms with Crippen molar-refractivity contribution in [3.63, 3.8) is 0 Å². The van der Waals surface area contributed by atoms with E-state index in [1.807, 2.05) is 12.1 Å². The third-order valence-electron chi connectivity index (χ3n) is 11.3. The van der Waals surface area contributed by atoms with Crippen LogP contribution in [-0.2, 0) is 11.8 Å². The molecule has 51 heavy (non-hydrogen) atoms. The molecular weight excluding hydrogens is 623 g/mol. The molecule has 0 saturated carbocycles. The summed E-state index contributed by atoms with van der Waals surface area (Å²) in [5, 5.41) is 4.74. The van der Waals surface area contributed by atoms with Crippen LogP contribution in [0.3, 0.4) is 0 Å². The van der Waals surface area contributed by atoms with Gasteiger partial charge in [-0.25, -0.2) is 9.97 Å². The Hall–Kier alpha value is -6.26. The van der Waals surface area contributed by atoms with Crippen LogP contribution in [0, 0.1) is 0 Å². The summed E-state index contributed by atoms with van der Waals surface area (Å²) in [4.78, 5) is 10.2. The van der Waals surface area contributed by atoms with E-state index in [9.17, 15) is 0 Å². The molecule has 3 aromatic heterocycles. The Bertz CT molecular complexity index is 2920. The maximum absolute atomic E-state index is 6.81. The standard InChI is InChI=1S/C47H33N3O/c1-47(2)36-26-24-33-31-14-7-10-18-39(31)50(44(33)41(36)42-37(47)27-25-34-32-15-8-11-19-40(32)51-45(34)42)30-22-20-29(21-23-30)46-48-38-17-9-6-16-35(38)43(49-46)28-12-4-3-5-13-28/h3-10,12-18,20-27H,11,19H2,1-2H3. The lowest BCUT2D eigenvalue weighted by Gasteiger charge is -2.21. The highest BCUT2D eigenvalue weighted by Crippen LogP contribution is 2.56. The fraction of sp³-hybridized carbons (Fsp3) is 0.106. The first-order valence-electron chi connectivity index (χ1n) is 17.8. The fourth-order valence-electron chi connectivity index (χ4n) is 8.81. The van der Waals surface area contributed by atoms with E-state index in [1.54, 1.807) is 0 Å². The molecule has 0 amide bonds. The van der Waals surface area contributed by atoms with E-state index < -0.39 is 0 Å². The van der Waals surface area contributed by atoms with Gasteiger partial charge in [0.05, 0.1) is 22.2 Å². The van der Waals surface area contributed by atoms with Crippen molar-refractivity contribution in [2.45, 2.75) is 32.1 Å².